The Bertz CT molecular complexity index is 639. The monoisotopic (exact) mass is 284 g/mol. The molecule has 1 aliphatic carbocycles. The molecule has 2 aromatic rings. The lowest BCUT2D eigenvalue weighted by Gasteiger charge is -2.19. The van der Waals surface area contributed by atoms with Gasteiger partial charge >= 0.3 is 0 Å². The summed E-state index contributed by atoms with van der Waals surface area (Å²) >= 11 is 0. The number of carbonyl (C=O) groups is 1. The van der Waals surface area contributed by atoms with E-state index in [1.165, 1.54) is 0 Å². The molecule has 4 nitrogen and oxygen atoms in total. The van der Waals surface area contributed by atoms with Gasteiger partial charge in [-0.3, -0.25) is 4.79 Å². The van der Waals surface area contributed by atoms with Crippen molar-refractivity contribution in [1.82, 2.24) is 0 Å². The van der Waals surface area contributed by atoms with Gasteiger partial charge in [-0.25, -0.2) is 0 Å². The first-order valence-corrected chi connectivity index (χ1v) is 7.20. The molecule has 4 heteroatoms. The molecule has 1 aromatic heterocycles. The summed E-state index contributed by atoms with van der Waals surface area (Å²) in [5.74, 6) is 1.27. The summed E-state index contributed by atoms with van der Waals surface area (Å²) < 4.78 is 5.49. The number of hydrogen-bond acceptors (Lipinski definition) is 3. The van der Waals surface area contributed by atoms with Crippen LogP contribution in [0.2, 0.25) is 0 Å². The van der Waals surface area contributed by atoms with E-state index in [1.54, 1.807) is 24.3 Å². The highest BCUT2D eigenvalue weighted by Crippen LogP contribution is 2.42. The van der Waals surface area contributed by atoms with Gasteiger partial charge in [0.2, 0.25) is 0 Å². The molecule has 0 bridgehead atoms. The second-order valence-electron chi connectivity index (χ2n) is 5.75. The maximum absolute atomic E-state index is 12.6. The molecule has 0 saturated heterocycles. The summed E-state index contributed by atoms with van der Waals surface area (Å²) in [6.07, 6.45) is 3.86. The molecule has 0 spiro atoms. The Hall–Kier alpha value is -2.23. The number of anilines is 2. The van der Waals surface area contributed by atoms with E-state index in [4.69, 9.17) is 4.42 Å². The third-order valence-electron chi connectivity index (χ3n) is 3.93. The zero-order chi connectivity index (χ0) is 15.0. The molecule has 0 aliphatic heterocycles. The summed E-state index contributed by atoms with van der Waals surface area (Å²) in [7, 11) is 5.80. The number of furan rings is 1. The molecule has 110 valence electrons. The molecule has 1 heterocycles. The predicted octanol–water partition coefficient (Wildman–Crippen LogP) is 3.50. The molecule has 1 fully saturated rings. The van der Waals surface area contributed by atoms with Crippen molar-refractivity contribution in [2.45, 2.75) is 18.8 Å². The number of nitrogens with zero attached hydrogens (tertiary/aromatic N) is 2. The molecule has 21 heavy (non-hydrogen) atoms. The van der Waals surface area contributed by atoms with Crippen molar-refractivity contribution in [3.8, 4) is 0 Å². The van der Waals surface area contributed by atoms with Crippen LogP contribution in [-0.4, -0.2) is 27.1 Å². The highest BCUT2D eigenvalue weighted by molar-refractivity contribution is 6.06. The Morgan fingerprint density at radius 3 is 2.24 bits per heavy atom. The summed E-state index contributed by atoms with van der Waals surface area (Å²) in [5, 5.41) is 0. The molecule has 3 rings (SSSR count). The Morgan fingerprint density at radius 1 is 1.05 bits per heavy atom. The zero-order valence-electron chi connectivity index (χ0n) is 12.7. The lowest BCUT2D eigenvalue weighted by Crippen LogP contribution is -2.26. The number of benzene rings is 1. The summed E-state index contributed by atoms with van der Waals surface area (Å²) in [4.78, 5) is 16.3. The van der Waals surface area contributed by atoms with Crippen LogP contribution in [0.4, 0.5) is 11.4 Å². The fourth-order valence-electron chi connectivity index (χ4n) is 2.43. The predicted molar refractivity (Wildman–Crippen MR) is 84.2 cm³/mol. The molecule has 0 unspecified atom stereocenters. The van der Waals surface area contributed by atoms with E-state index in [-0.39, 0.29) is 5.91 Å². The highest BCUT2D eigenvalue weighted by Gasteiger charge is 2.32. The first kappa shape index (κ1) is 13.7. The van der Waals surface area contributed by atoms with Crippen LogP contribution in [0.5, 0.6) is 0 Å². The number of carbonyl (C=O) groups excluding carboxylic acids is 1. The van der Waals surface area contributed by atoms with Crippen LogP contribution in [-0.2, 0) is 0 Å². The molecular formula is C17H20N2O2. The lowest BCUT2D eigenvalue weighted by atomic mass is 10.1. The van der Waals surface area contributed by atoms with E-state index in [1.807, 2.05) is 43.3 Å². The standard InChI is InChI=1S/C17H20N2O2/c1-18(2)13-6-8-14(9-7-13)19(3)17(20)15-10-11-21-16(15)12-4-5-12/h6-12H,4-5H2,1-3H3. The van der Waals surface area contributed by atoms with Crippen LogP contribution >= 0.6 is 0 Å². The van der Waals surface area contributed by atoms with E-state index >= 15 is 0 Å². The lowest BCUT2D eigenvalue weighted by molar-refractivity contribution is 0.0991. The van der Waals surface area contributed by atoms with Gasteiger partial charge in [0.1, 0.15) is 5.76 Å². The maximum atomic E-state index is 12.6. The Balaban J connectivity index is 1.82. The fraction of sp³-hybridized carbons (Fsp3) is 0.353. The van der Waals surface area contributed by atoms with Gasteiger partial charge in [0.25, 0.3) is 5.91 Å². The summed E-state index contributed by atoms with van der Waals surface area (Å²) in [6, 6.07) is 9.72. The highest BCUT2D eigenvalue weighted by atomic mass is 16.3. The number of hydrogen-bond donors (Lipinski definition) is 0. The van der Waals surface area contributed by atoms with Crippen molar-refractivity contribution < 1.29 is 9.21 Å². The normalized spacial score (nSPS) is 14.0. The van der Waals surface area contributed by atoms with Gasteiger partial charge in [0, 0.05) is 38.4 Å². The molecule has 1 saturated carbocycles. The quantitative estimate of drug-likeness (QED) is 0.862. The Morgan fingerprint density at radius 2 is 1.67 bits per heavy atom. The van der Waals surface area contributed by atoms with Crippen molar-refractivity contribution in [3.63, 3.8) is 0 Å². The first-order chi connectivity index (χ1) is 10.1. The largest absolute Gasteiger partial charge is 0.468 e. The smallest absolute Gasteiger partial charge is 0.261 e. The molecule has 0 radical (unpaired) electrons. The minimum absolute atomic E-state index is 0.0109. The van der Waals surface area contributed by atoms with Crippen LogP contribution in [0.15, 0.2) is 41.0 Å². The fourth-order valence-corrected chi connectivity index (χ4v) is 2.43. The van der Waals surface area contributed by atoms with Crippen molar-refractivity contribution in [2.24, 2.45) is 0 Å². The van der Waals surface area contributed by atoms with Crippen LogP contribution in [0.1, 0.15) is 34.9 Å². The summed E-state index contributed by atoms with van der Waals surface area (Å²) in [6.45, 7) is 0. The average molecular weight is 284 g/mol. The Labute approximate surface area is 125 Å². The van der Waals surface area contributed by atoms with E-state index in [0.717, 1.165) is 30.0 Å². The van der Waals surface area contributed by atoms with Crippen molar-refractivity contribution in [3.05, 3.63) is 47.9 Å². The molecule has 1 aliphatic rings. The number of rotatable bonds is 4. The van der Waals surface area contributed by atoms with Gasteiger partial charge in [-0.2, -0.15) is 0 Å². The van der Waals surface area contributed by atoms with Gasteiger partial charge in [-0.1, -0.05) is 0 Å². The number of amides is 1. The molecule has 0 atom stereocenters. The van der Waals surface area contributed by atoms with E-state index in [0.29, 0.717) is 11.5 Å². The van der Waals surface area contributed by atoms with Gasteiger partial charge in [-0.15, -0.1) is 0 Å². The Kier molecular flexibility index (Phi) is 3.45. The third-order valence-corrected chi connectivity index (χ3v) is 3.93. The van der Waals surface area contributed by atoms with E-state index in [9.17, 15) is 4.79 Å². The second-order valence-corrected chi connectivity index (χ2v) is 5.75. The van der Waals surface area contributed by atoms with Crippen molar-refractivity contribution in [2.75, 3.05) is 30.9 Å². The van der Waals surface area contributed by atoms with Crippen molar-refractivity contribution >= 4 is 17.3 Å². The SMILES string of the molecule is CN(C)c1ccc(N(C)C(=O)c2ccoc2C2CC2)cc1. The minimum Gasteiger partial charge on any atom is -0.468 e. The minimum atomic E-state index is -0.0109. The van der Waals surface area contributed by atoms with Crippen LogP contribution in [0, 0.1) is 0 Å². The van der Waals surface area contributed by atoms with Crippen molar-refractivity contribution in [1.29, 1.82) is 0 Å². The topological polar surface area (TPSA) is 36.7 Å². The molecule has 1 aromatic carbocycles. The van der Waals surface area contributed by atoms with Crippen LogP contribution in [0.3, 0.4) is 0 Å². The van der Waals surface area contributed by atoms with Gasteiger partial charge < -0.3 is 14.2 Å². The van der Waals surface area contributed by atoms with Gasteiger partial charge in [0.15, 0.2) is 0 Å². The first-order valence-electron chi connectivity index (χ1n) is 7.20. The second kappa shape index (κ2) is 5.28. The zero-order valence-corrected chi connectivity index (χ0v) is 12.7. The van der Waals surface area contributed by atoms with Crippen LogP contribution in [0.25, 0.3) is 0 Å². The van der Waals surface area contributed by atoms with Gasteiger partial charge in [0.05, 0.1) is 11.8 Å². The molecule has 1 amide bonds. The maximum Gasteiger partial charge on any atom is 0.261 e. The molecule has 0 N–H and O–H groups in total. The van der Waals surface area contributed by atoms with Gasteiger partial charge in [-0.05, 0) is 43.2 Å². The van der Waals surface area contributed by atoms with E-state index < -0.39 is 0 Å². The third kappa shape index (κ3) is 2.66. The van der Waals surface area contributed by atoms with Crippen LogP contribution < -0.4 is 9.80 Å². The summed E-state index contributed by atoms with van der Waals surface area (Å²) in [5.41, 5.74) is 2.69. The molecular weight excluding hydrogens is 264 g/mol. The average Bonchev–Trinajstić information content (AvgIpc) is 3.23. The van der Waals surface area contributed by atoms with E-state index in [2.05, 4.69) is 0 Å².